The van der Waals surface area contributed by atoms with Crippen molar-refractivity contribution in [3.05, 3.63) is 17.0 Å². The van der Waals surface area contributed by atoms with E-state index in [1.807, 2.05) is 6.92 Å². The Morgan fingerprint density at radius 1 is 1.58 bits per heavy atom. The van der Waals surface area contributed by atoms with Crippen molar-refractivity contribution >= 4 is 23.2 Å². The Balaban J connectivity index is 2.09. The minimum absolute atomic E-state index is 0.123. The van der Waals surface area contributed by atoms with Gasteiger partial charge in [0.15, 0.2) is 0 Å². The van der Waals surface area contributed by atoms with Crippen LogP contribution in [0.4, 0.5) is 5.82 Å². The summed E-state index contributed by atoms with van der Waals surface area (Å²) in [6.45, 7) is 6.88. The van der Waals surface area contributed by atoms with Crippen molar-refractivity contribution in [2.45, 2.75) is 38.8 Å². The molecule has 0 saturated carbocycles. The predicted octanol–water partition coefficient (Wildman–Crippen LogP) is 2.07. The molecular weight excluding hydrogens is 266 g/mol. The minimum atomic E-state index is -0.145. The topological polar surface area (TPSA) is 64.3 Å². The van der Waals surface area contributed by atoms with E-state index in [2.05, 4.69) is 34.2 Å². The van der Waals surface area contributed by atoms with E-state index >= 15 is 0 Å². The van der Waals surface area contributed by atoms with Crippen LogP contribution in [-0.4, -0.2) is 37.8 Å². The molecule has 2 aromatic heterocycles. The van der Waals surface area contributed by atoms with Crippen LogP contribution in [-0.2, 0) is 4.74 Å². The molecule has 7 heteroatoms. The van der Waals surface area contributed by atoms with E-state index in [0.717, 1.165) is 24.4 Å². The van der Waals surface area contributed by atoms with E-state index < -0.39 is 0 Å². The van der Waals surface area contributed by atoms with Crippen LogP contribution in [0.25, 0.3) is 5.78 Å². The third-order valence-corrected chi connectivity index (χ3v) is 4.26. The van der Waals surface area contributed by atoms with Crippen molar-refractivity contribution in [2.24, 2.45) is 0 Å². The maximum absolute atomic E-state index is 6.15. The summed E-state index contributed by atoms with van der Waals surface area (Å²) in [5, 5.41) is 8.16. The van der Waals surface area contributed by atoms with Crippen LogP contribution in [0.2, 0.25) is 5.15 Å². The average molecular weight is 282 g/mol. The number of aromatic nitrogens is 4. The van der Waals surface area contributed by atoms with Crippen LogP contribution in [0, 0.1) is 6.92 Å². The molecule has 3 rings (SSSR count). The highest BCUT2D eigenvalue weighted by Crippen LogP contribution is 2.32. The number of ether oxygens (including phenoxy) is 1. The fraction of sp³-hybridized carbons (Fsp3) is 0.583. The number of rotatable bonds is 2. The maximum atomic E-state index is 6.15. The highest BCUT2D eigenvalue weighted by Gasteiger charge is 2.38. The number of fused-ring (bicyclic) bond motifs is 1. The smallest absolute Gasteiger partial charge is 0.255 e. The van der Waals surface area contributed by atoms with Gasteiger partial charge in [-0.3, -0.25) is 0 Å². The molecule has 1 saturated heterocycles. The van der Waals surface area contributed by atoms with E-state index in [1.54, 1.807) is 4.52 Å². The lowest BCUT2D eigenvalue weighted by atomic mass is 9.94. The number of nitrogens with one attached hydrogen (secondary N) is 1. The minimum Gasteiger partial charge on any atom is -0.376 e. The molecule has 1 fully saturated rings. The fourth-order valence-electron chi connectivity index (χ4n) is 2.31. The Morgan fingerprint density at radius 3 is 3.05 bits per heavy atom. The molecule has 2 atom stereocenters. The Morgan fingerprint density at radius 2 is 2.37 bits per heavy atom. The fourth-order valence-corrected chi connectivity index (χ4v) is 2.48. The second kappa shape index (κ2) is 4.31. The zero-order chi connectivity index (χ0) is 13.6. The SMILES string of the molecule is Cc1c(Cl)nc2ncnn2c1NC1(C)CCOC1C. The van der Waals surface area contributed by atoms with Gasteiger partial charge in [0.2, 0.25) is 0 Å². The molecule has 2 unspecified atom stereocenters. The third-order valence-electron chi connectivity index (χ3n) is 3.89. The van der Waals surface area contributed by atoms with Crippen molar-refractivity contribution < 1.29 is 4.74 Å². The summed E-state index contributed by atoms with van der Waals surface area (Å²) in [7, 11) is 0. The zero-order valence-electron chi connectivity index (χ0n) is 11.1. The first-order chi connectivity index (χ1) is 9.01. The molecule has 1 N–H and O–H groups in total. The first kappa shape index (κ1) is 12.6. The van der Waals surface area contributed by atoms with Crippen LogP contribution in [0.1, 0.15) is 25.8 Å². The molecule has 2 aromatic rings. The molecule has 0 spiro atoms. The maximum Gasteiger partial charge on any atom is 0.255 e. The summed E-state index contributed by atoms with van der Waals surface area (Å²) in [6, 6.07) is 0. The number of hydrogen-bond acceptors (Lipinski definition) is 5. The van der Waals surface area contributed by atoms with Crippen molar-refractivity contribution in [3.63, 3.8) is 0 Å². The highest BCUT2D eigenvalue weighted by molar-refractivity contribution is 6.30. The van der Waals surface area contributed by atoms with Gasteiger partial charge in [-0.05, 0) is 27.2 Å². The van der Waals surface area contributed by atoms with Gasteiger partial charge in [0.1, 0.15) is 17.3 Å². The Kier molecular flexibility index (Phi) is 2.87. The average Bonchev–Trinajstić information content (AvgIpc) is 2.94. The molecule has 0 aliphatic carbocycles. The van der Waals surface area contributed by atoms with Gasteiger partial charge in [0, 0.05) is 12.2 Å². The van der Waals surface area contributed by atoms with Gasteiger partial charge in [-0.15, -0.1) is 0 Å². The summed E-state index contributed by atoms with van der Waals surface area (Å²) in [4.78, 5) is 8.28. The molecule has 1 aliphatic heterocycles. The van der Waals surface area contributed by atoms with Crippen LogP contribution in [0.5, 0.6) is 0 Å². The second-order valence-electron chi connectivity index (χ2n) is 5.15. The molecule has 3 heterocycles. The van der Waals surface area contributed by atoms with Crippen LogP contribution in [0.15, 0.2) is 6.33 Å². The number of nitrogens with zero attached hydrogens (tertiary/aromatic N) is 4. The van der Waals surface area contributed by atoms with E-state index in [0.29, 0.717) is 10.9 Å². The van der Waals surface area contributed by atoms with Gasteiger partial charge >= 0.3 is 0 Å². The molecule has 102 valence electrons. The first-order valence-corrected chi connectivity index (χ1v) is 6.65. The highest BCUT2D eigenvalue weighted by atomic mass is 35.5. The Hall–Kier alpha value is -1.40. The van der Waals surface area contributed by atoms with Crippen molar-refractivity contribution in [3.8, 4) is 0 Å². The summed E-state index contributed by atoms with van der Waals surface area (Å²) in [5.74, 6) is 1.32. The molecule has 0 radical (unpaired) electrons. The molecule has 0 amide bonds. The first-order valence-electron chi connectivity index (χ1n) is 6.27. The lowest BCUT2D eigenvalue weighted by Gasteiger charge is -2.30. The summed E-state index contributed by atoms with van der Waals surface area (Å²) in [6.07, 6.45) is 2.53. The van der Waals surface area contributed by atoms with Crippen LogP contribution >= 0.6 is 11.6 Å². The number of halogens is 1. The summed E-state index contributed by atoms with van der Waals surface area (Å²) in [5.41, 5.74) is 0.717. The van der Waals surface area contributed by atoms with Crippen LogP contribution < -0.4 is 5.32 Å². The molecule has 0 bridgehead atoms. The lowest BCUT2D eigenvalue weighted by Crippen LogP contribution is -2.42. The van der Waals surface area contributed by atoms with E-state index in [1.165, 1.54) is 6.33 Å². The zero-order valence-corrected chi connectivity index (χ0v) is 11.9. The van der Waals surface area contributed by atoms with E-state index in [-0.39, 0.29) is 11.6 Å². The van der Waals surface area contributed by atoms with Gasteiger partial charge in [0.25, 0.3) is 5.78 Å². The molecule has 6 nitrogen and oxygen atoms in total. The largest absolute Gasteiger partial charge is 0.376 e. The van der Waals surface area contributed by atoms with Crippen molar-refractivity contribution in [1.82, 2.24) is 19.6 Å². The van der Waals surface area contributed by atoms with Gasteiger partial charge in [0.05, 0.1) is 11.6 Å². The molecule has 0 aromatic carbocycles. The van der Waals surface area contributed by atoms with Gasteiger partial charge < -0.3 is 10.1 Å². The summed E-state index contributed by atoms with van der Waals surface area (Å²) >= 11 is 6.15. The third kappa shape index (κ3) is 1.95. The van der Waals surface area contributed by atoms with E-state index in [4.69, 9.17) is 16.3 Å². The Bertz CT molecular complexity index is 628. The van der Waals surface area contributed by atoms with Crippen LogP contribution in [0.3, 0.4) is 0 Å². The number of hydrogen-bond donors (Lipinski definition) is 1. The normalized spacial score (nSPS) is 27.1. The van der Waals surface area contributed by atoms with Crippen molar-refractivity contribution in [2.75, 3.05) is 11.9 Å². The molecule has 1 aliphatic rings. The standard InChI is InChI=1S/C12H16ClN5O/c1-7-9(13)16-11-14-6-15-18(11)10(7)17-12(3)4-5-19-8(12)2/h6,8,17H,4-5H2,1-3H3. The quantitative estimate of drug-likeness (QED) is 0.854. The van der Waals surface area contributed by atoms with Crippen molar-refractivity contribution in [1.29, 1.82) is 0 Å². The van der Waals surface area contributed by atoms with E-state index in [9.17, 15) is 0 Å². The van der Waals surface area contributed by atoms with Gasteiger partial charge in [-0.25, -0.2) is 0 Å². The second-order valence-corrected chi connectivity index (χ2v) is 5.51. The van der Waals surface area contributed by atoms with Gasteiger partial charge in [-0.1, -0.05) is 11.6 Å². The number of anilines is 1. The Labute approximate surface area is 116 Å². The predicted molar refractivity (Wildman–Crippen MR) is 72.6 cm³/mol. The lowest BCUT2D eigenvalue weighted by molar-refractivity contribution is 0.105. The monoisotopic (exact) mass is 281 g/mol. The summed E-state index contributed by atoms with van der Waals surface area (Å²) < 4.78 is 7.33. The molecular formula is C12H16ClN5O. The van der Waals surface area contributed by atoms with Gasteiger partial charge in [-0.2, -0.15) is 19.6 Å². The molecule has 19 heavy (non-hydrogen) atoms.